The van der Waals surface area contributed by atoms with Crippen LogP contribution in [0.3, 0.4) is 0 Å². The van der Waals surface area contributed by atoms with E-state index < -0.39 is 23.8 Å². The average Bonchev–Trinajstić information content (AvgIpc) is 2.57. The molecule has 6 nitrogen and oxygen atoms in total. The maximum Gasteiger partial charge on any atom is 0.341 e. The first-order valence-corrected chi connectivity index (χ1v) is 8.01. The van der Waals surface area contributed by atoms with E-state index >= 15 is 0 Å². The maximum absolute atomic E-state index is 13.1. The topological polar surface area (TPSA) is 90.6 Å². The van der Waals surface area contributed by atoms with Gasteiger partial charge in [-0.2, -0.15) is 0 Å². The number of hydrogen-bond donors (Lipinski definition) is 2. The van der Waals surface area contributed by atoms with Crippen molar-refractivity contribution in [3.05, 3.63) is 52.3 Å². The van der Waals surface area contributed by atoms with Crippen molar-refractivity contribution in [3.8, 4) is 5.75 Å². The zero-order chi connectivity index (χ0) is 19.4. The molecule has 3 N–H and O–H groups in total. The Morgan fingerprint density at radius 3 is 2.58 bits per heavy atom. The number of nitrogens with two attached hydrogens (primary N) is 1. The second-order valence-electron chi connectivity index (χ2n) is 5.57. The monoisotopic (exact) mass is 380 g/mol. The number of halogens is 2. The van der Waals surface area contributed by atoms with E-state index in [0.717, 1.165) is 17.7 Å². The zero-order valence-corrected chi connectivity index (χ0v) is 15.2. The molecule has 138 valence electrons. The third-order valence-corrected chi connectivity index (χ3v) is 4.03. The molecule has 8 heteroatoms. The Hall–Kier alpha value is -2.80. The third kappa shape index (κ3) is 4.43. The van der Waals surface area contributed by atoms with Crippen molar-refractivity contribution in [2.24, 2.45) is 0 Å². The molecule has 0 radical (unpaired) electrons. The summed E-state index contributed by atoms with van der Waals surface area (Å²) in [6.07, 6.45) is -1.12. The molecular weight excluding hydrogens is 363 g/mol. The van der Waals surface area contributed by atoms with Crippen LogP contribution in [0.2, 0.25) is 5.02 Å². The minimum atomic E-state index is -1.12. The van der Waals surface area contributed by atoms with Crippen LogP contribution in [0.5, 0.6) is 5.75 Å². The second-order valence-corrected chi connectivity index (χ2v) is 5.98. The van der Waals surface area contributed by atoms with Gasteiger partial charge in [-0.1, -0.05) is 11.6 Å². The van der Waals surface area contributed by atoms with Gasteiger partial charge in [-0.3, -0.25) is 4.79 Å². The van der Waals surface area contributed by atoms with Crippen molar-refractivity contribution in [2.45, 2.75) is 20.0 Å². The van der Waals surface area contributed by atoms with Crippen molar-refractivity contribution in [2.75, 3.05) is 18.2 Å². The average molecular weight is 381 g/mol. The Morgan fingerprint density at radius 2 is 1.96 bits per heavy atom. The Balaban J connectivity index is 2.10. The predicted octanol–water partition coefficient (Wildman–Crippen LogP) is 3.56. The van der Waals surface area contributed by atoms with Crippen LogP contribution in [-0.4, -0.2) is 25.1 Å². The van der Waals surface area contributed by atoms with Gasteiger partial charge in [-0.05, 0) is 43.7 Å². The molecule has 2 aromatic rings. The number of ether oxygens (including phenoxy) is 2. The summed E-state index contributed by atoms with van der Waals surface area (Å²) in [5.41, 5.74) is 6.64. The summed E-state index contributed by atoms with van der Waals surface area (Å²) < 4.78 is 23.3. The Kier molecular flexibility index (Phi) is 6.05. The van der Waals surface area contributed by atoms with E-state index in [1.165, 1.54) is 20.1 Å². The number of nitrogen functional groups attached to an aromatic ring is 1. The van der Waals surface area contributed by atoms with Crippen molar-refractivity contribution in [1.29, 1.82) is 0 Å². The van der Waals surface area contributed by atoms with Gasteiger partial charge < -0.3 is 20.5 Å². The van der Waals surface area contributed by atoms with Gasteiger partial charge in [0, 0.05) is 16.8 Å². The summed E-state index contributed by atoms with van der Waals surface area (Å²) in [6, 6.07) is 6.50. The van der Waals surface area contributed by atoms with Gasteiger partial charge in [0.15, 0.2) is 6.10 Å². The van der Waals surface area contributed by atoms with Crippen molar-refractivity contribution in [3.63, 3.8) is 0 Å². The Bertz CT molecular complexity index is 857. The number of nitrogens with one attached hydrogen (secondary N) is 1. The molecule has 0 heterocycles. The first kappa shape index (κ1) is 19.5. The standard InChI is InChI=1S/C18H18ClFN2O4/c1-9-6-15(16(25-3)8-13(9)19)22-17(23)10(2)26-18(24)12-5-4-11(20)7-14(12)21/h4-8,10H,21H2,1-3H3,(H,22,23)/t10-/m1/s1. The highest BCUT2D eigenvalue weighted by molar-refractivity contribution is 6.31. The van der Waals surface area contributed by atoms with Crippen LogP contribution in [0.1, 0.15) is 22.8 Å². The fourth-order valence-corrected chi connectivity index (χ4v) is 2.31. The molecule has 1 atom stereocenters. The second kappa shape index (κ2) is 8.05. The van der Waals surface area contributed by atoms with Crippen molar-refractivity contribution >= 4 is 34.9 Å². The smallest absolute Gasteiger partial charge is 0.341 e. The van der Waals surface area contributed by atoms with Crippen LogP contribution in [-0.2, 0) is 9.53 Å². The molecule has 0 saturated carbocycles. The molecule has 2 aromatic carbocycles. The fourth-order valence-electron chi connectivity index (χ4n) is 2.16. The molecule has 0 spiro atoms. The molecular formula is C18H18ClFN2O4. The molecule has 0 aliphatic heterocycles. The lowest BCUT2D eigenvalue weighted by atomic mass is 10.2. The van der Waals surface area contributed by atoms with Crippen molar-refractivity contribution < 1.29 is 23.5 Å². The molecule has 0 aliphatic carbocycles. The number of aryl methyl sites for hydroxylation is 1. The van der Waals surface area contributed by atoms with Crippen LogP contribution in [0, 0.1) is 12.7 Å². The number of esters is 1. The van der Waals surface area contributed by atoms with Gasteiger partial charge in [-0.15, -0.1) is 0 Å². The Labute approximate surface area is 155 Å². The van der Waals surface area contributed by atoms with E-state index in [1.54, 1.807) is 19.1 Å². The number of hydrogen-bond acceptors (Lipinski definition) is 5. The predicted molar refractivity (Wildman–Crippen MR) is 97.1 cm³/mol. The summed E-state index contributed by atoms with van der Waals surface area (Å²) in [6.45, 7) is 3.18. The molecule has 0 fully saturated rings. The van der Waals surface area contributed by atoms with Crippen LogP contribution < -0.4 is 15.8 Å². The highest BCUT2D eigenvalue weighted by atomic mass is 35.5. The lowest BCUT2D eigenvalue weighted by molar-refractivity contribution is -0.123. The van der Waals surface area contributed by atoms with Crippen LogP contribution >= 0.6 is 11.6 Å². The van der Waals surface area contributed by atoms with Gasteiger partial charge in [0.25, 0.3) is 5.91 Å². The van der Waals surface area contributed by atoms with E-state index in [2.05, 4.69) is 5.32 Å². The third-order valence-electron chi connectivity index (χ3n) is 3.63. The summed E-state index contributed by atoms with van der Waals surface area (Å²) in [7, 11) is 1.44. The first-order valence-electron chi connectivity index (χ1n) is 7.64. The van der Waals surface area contributed by atoms with E-state index in [-0.39, 0.29) is 11.3 Å². The Morgan fingerprint density at radius 1 is 1.27 bits per heavy atom. The SMILES string of the molecule is COc1cc(Cl)c(C)cc1NC(=O)[C@@H](C)OC(=O)c1ccc(F)cc1N. The van der Waals surface area contributed by atoms with E-state index in [4.69, 9.17) is 26.8 Å². The maximum atomic E-state index is 13.1. The number of carbonyl (C=O) groups is 2. The highest BCUT2D eigenvalue weighted by Crippen LogP contribution is 2.31. The number of methoxy groups -OCH3 is 1. The summed E-state index contributed by atoms with van der Waals surface area (Å²) >= 11 is 6.03. The summed E-state index contributed by atoms with van der Waals surface area (Å²) in [5, 5.41) is 3.11. The van der Waals surface area contributed by atoms with E-state index in [1.807, 2.05) is 0 Å². The number of carbonyl (C=O) groups excluding carboxylic acids is 2. The minimum Gasteiger partial charge on any atom is -0.495 e. The number of anilines is 2. The number of rotatable bonds is 5. The zero-order valence-electron chi connectivity index (χ0n) is 14.4. The largest absolute Gasteiger partial charge is 0.495 e. The van der Waals surface area contributed by atoms with Gasteiger partial charge in [-0.25, -0.2) is 9.18 Å². The molecule has 2 rings (SSSR count). The number of benzene rings is 2. The van der Waals surface area contributed by atoms with E-state index in [0.29, 0.717) is 16.5 Å². The summed E-state index contributed by atoms with van der Waals surface area (Å²) in [4.78, 5) is 24.4. The highest BCUT2D eigenvalue weighted by Gasteiger charge is 2.22. The normalized spacial score (nSPS) is 11.6. The molecule has 0 aliphatic rings. The van der Waals surface area contributed by atoms with Gasteiger partial charge in [0.2, 0.25) is 0 Å². The first-order chi connectivity index (χ1) is 12.2. The van der Waals surface area contributed by atoms with Gasteiger partial charge in [0.05, 0.1) is 18.4 Å². The van der Waals surface area contributed by atoms with Crippen LogP contribution in [0.15, 0.2) is 30.3 Å². The lowest BCUT2D eigenvalue weighted by Crippen LogP contribution is -2.30. The molecule has 0 aromatic heterocycles. The molecule has 0 bridgehead atoms. The van der Waals surface area contributed by atoms with Crippen molar-refractivity contribution in [1.82, 2.24) is 0 Å². The molecule has 0 saturated heterocycles. The number of amides is 1. The fraction of sp³-hybridized carbons (Fsp3) is 0.222. The summed E-state index contributed by atoms with van der Waals surface area (Å²) in [5.74, 6) is -1.60. The van der Waals surface area contributed by atoms with Gasteiger partial charge >= 0.3 is 5.97 Å². The molecule has 0 unspecified atom stereocenters. The molecule has 1 amide bonds. The van der Waals surface area contributed by atoms with Gasteiger partial charge in [0.1, 0.15) is 11.6 Å². The quantitative estimate of drug-likeness (QED) is 0.611. The minimum absolute atomic E-state index is 0.0223. The van der Waals surface area contributed by atoms with Crippen LogP contribution in [0.4, 0.5) is 15.8 Å². The van der Waals surface area contributed by atoms with Crippen LogP contribution in [0.25, 0.3) is 0 Å². The van der Waals surface area contributed by atoms with E-state index in [9.17, 15) is 14.0 Å². The lowest BCUT2D eigenvalue weighted by Gasteiger charge is -2.16. The molecule has 26 heavy (non-hydrogen) atoms.